The van der Waals surface area contributed by atoms with Crippen LogP contribution in [0.25, 0.3) is 0 Å². The van der Waals surface area contributed by atoms with Gasteiger partial charge in [0.2, 0.25) is 0 Å². The largest absolute Gasteiger partial charge is 1.00 e. The SMILES string of the molecule is CCCOc1ccc(C)c(C2=NC(C)C3N(C)NC(NC)=[N+]3c3ccc(Br)cc32)c1.[Cl-]. The van der Waals surface area contributed by atoms with E-state index in [4.69, 9.17) is 9.73 Å². The Morgan fingerprint density at radius 2 is 2.00 bits per heavy atom. The lowest BCUT2D eigenvalue weighted by Gasteiger charge is -2.21. The van der Waals surface area contributed by atoms with Gasteiger partial charge in [-0.2, -0.15) is 5.43 Å². The van der Waals surface area contributed by atoms with Gasteiger partial charge in [0.15, 0.2) is 6.17 Å². The summed E-state index contributed by atoms with van der Waals surface area (Å²) >= 11 is 3.67. The topological polar surface area (TPSA) is 51.9 Å². The summed E-state index contributed by atoms with van der Waals surface area (Å²) in [5.41, 5.74) is 8.92. The number of hydrogen-bond acceptors (Lipinski definition) is 5. The van der Waals surface area contributed by atoms with E-state index in [1.54, 1.807) is 0 Å². The number of likely N-dealkylation sites (N-methyl/N-ethyl adjacent to an activating group) is 1. The third kappa shape index (κ3) is 4.31. The zero-order valence-corrected chi connectivity index (χ0v) is 20.9. The molecule has 2 aliphatic rings. The number of aliphatic imine (C=N–C) groups is 1. The molecule has 2 aromatic rings. The molecule has 0 bridgehead atoms. The molecule has 0 spiro atoms. The zero-order valence-electron chi connectivity index (χ0n) is 18.5. The lowest BCUT2D eigenvalue weighted by Crippen LogP contribution is -3.00. The van der Waals surface area contributed by atoms with Crippen LogP contribution in [0.5, 0.6) is 5.75 Å². The van der Waals surface area contributed by atoms with Crippen molar-refractivity contribution in [3.05, 3.63) is 57.6 Å². The molecule has 2 aromatic carbocycles. The van der Waals surface area contributed by atoms with Crippen LogP contribution in [0.1, 0.15) is 37.0 Å². The summed E-state index contributed by atoms with van der Waals surface area (Å²) in [5, 5.41) is 5.42. The molecular weight excluding hydrogens is 478 g/mol. The maximum Gasteiger partial charge on any atom is 0.369 e. The quantitative estimate of drug-likeness (QED) is 0.602. The number of guanidine groups is 1. The average molecular weight is 507 g/mol. The first-order valence-electron chi connectivity index (χ1n) is 10.4. The van der Waals surface area contributed by atoms with E-state index in [9.17, 15) is 0 Å². The Labute approximate surface area is 198 Å². The van der Waals surface area contributed by atoms with Gasteiger partial charge >= 0.3 is 5.96 Å². The van der Waals surface area contributed by atoms with E-state index < -0.39 is 0 Å². The molecule has 0 fully saturated rings. The van der Waals surface area contributed by atoms with E-state index in [1.165, 1.54) is 5.56 Å². The molecule has 0 radical (unpaired) electrons. The van der Waals surface area contributed by atoms with Crippen LogP contribution in [0.2, 0.25) is 0 Å². The summed E-state index contributed by atoms with van der Waals surface area (Å²) in [6.07, 6.45) is 1.04. The second-order valence-corrected chi connectivity index (χ2v) is 8.73. The van der Waals surface area contributed by atoms with Gasteiger partial charge in [-0.3, -0.25) is 10.3 Å². The van der Waals surface area contributed by atoms with Crippen molar-refractivity contribution < 1.29 is 21.7 Å². The van der Waals surface area contributed by atoms with E-state index in [1.807, 2.05) is 13.1 Å². The van der Waals surface area contributed by atoms with Crippen molar-refractivity contribution in [2.24, 2.45) is 4.99 Å². The van der Waals surface area contributed by atoms with Gasteiger partial charge in [0.05, 0.1) is 25.4 Å². The molecule has 2 N–H and O–H groups in total. The highest BCUT2D eigenvalue weighted by Crippen LogP contribution is 2.35. The molecule has 0 aromatic heterocycles. The third-order valence-corrected chi connectivity index (χ3v) is 6.09. The first-order chi connectivity index (χ1) is 14.4. The molecule has 2 heterocycles. The molecule has 166 valence electrons. The minimum atomic E-state index is 0. The molecule has 8 heteroatoms. The number of ether oxygens (including phenoxy) is 1. The number of aryl methyl sites for hydroxylation is 1. The number of nitrogens with zero attached hydrogens (tertiary/aromatic N) is 3. The highest BCUT2D eigenvalue weighted by molar-refractivity contribution is 9.10. The molecule has 0 saturated heterocycles. The van der Waals surface area contributed by atoms with Gasteiger partial charge in [0.1, 0.15) is 11.4 Å². The van der Waals surface area contributed by atoms with Crippen molar-refractivity contribution in [2.45, 2.75) is 39.4 Å². The van der Waals surface area contributed by atoms with E-state index in [0.29, 0.717) is 6.61 Å². The number of fused-ring (bicyclic) bond motifs is 3. The fourth-order valence-electron chi connectivity index (χ4n) is 4.20. The summed E-state index contributed by atoms with van der Waals surface area (Å²) in [4.78, 5) is 5.25. The van der Waals surface area contributed by atoms with Gasteiger partial charge in [0, 0.05) is 22.6 Å². The molecule has 4 rings (SSSR count). The van der Waals surface area contributed by atoms with Gasteiger partial charge in [-0.15, -0.1) is 5.01 Å². The Morgan fingerprint density at radius 1 is 1.23 bits per heavy atom. The number of rotatable bonds is 4. The lowest BCUT2D eigenvalue weighted by atomic mass is 9.96. The predicted molar refractivity (Wildman–Crippen MR) is 125 cm³/mol. The molecule has 0 saturated carbocycles. The Bertz CT molecular complexity index is 1040. The third-order valence-electron chi connectivity index (χ3n) is 5.60. The van der Waals surface area contributed by atoms with E-state index in [-0.39, 0.29) is 24.6 Å². The Balaban J connectivity index is 0.00000272. The van der Waals surface area contributed by atoms with Crippen LogP contribution in [-0.4, -0.2) is 54.2 Å². The summed E-state index contributed by atoms with van der Waals surface area (Å²) < 4.78 is 9.26. The van der Waals surface area contributed by atoms with Crippen LogP contribution in [0.3, 0.4) is 0 Å². The summed E-state index contributed by atoms with van der Waals surface area (Å²) in [6.45, 7) is 7.13. The monoisotopic (exact) mass is 505 g/mol. The van der Waals surface area contributed by atoms with Crippen molar-refractivity contribution >= 4 is 33.3 Å². The Hall–Kier alpha value is -2.09. The van der Waals surface area contributed by atoms with Crippen LogP contribution in [0.15, 0.2) is 45.9 Å². The molecular formula is C23H29BrClN5O. The normalized spacial score (nSPS) is 20.1. The van der Waals surface area contributed by atoms with Crippen molar-refractivity contribution in [1.29, 1.82) is 0 Å². The Morgan fingerprint density at radius 3 is 2.71 bits per heavy atom. The highest BCUT2D eigenvalue weighted by atomic mass is 79.9. The van der Waals surface area contributed by atoms with E-state index in [2.05, 4.69) is 94.4 Å². The second kappa shape index (κ2) is 9.59. The van der Waals surface area contributed by atoms with Gasteiger partial charge in [-0.1, -0.05) is 28.9 Å². The van der Waals surface area contributed by atoms with Crippen LogP contribution < -0.4 is 27.9 Å². The van der Waals surface area contributed by atoms with Gasteiger partial charge in [-0.25, -0.2) is 4.58 Å². The van der Waals surface area contributed by atoms with Crippen molar-refractivity contribution in [2.75, 3.05) is 20.7 Å². The van der Waals surface area contributed by atoms with Gasteiger partial charge < -0.3 is 17.1 Å². The number of halogens is 2. The molecule has 0 aliphatic carbocycles. The van der Waals surface area contributed by atoms with Gasteiger partial charge in [0.25, 0.3) is 0 Å². The Kier molecular flexibility index (Phi) is 7.29. The first-order valence-corrected chi connectivity index (χ1v) is 11.2. The summed E-state index contributed by atoms with van der Waals surface area (Å²) in [5.74, 6) is 1.83. The molecule has 2 unspecified atom stereocenters. The van der Waals surface area contributed by atoms with Crippen LogP contribution in [0.4, 0.5) is 5.69 Å². The summed E-state index contributed by atoms with van der Waals surface area (Å²) in [6, 6.07) is 12.7. The minimum absolute atomic E-state index is 0. The number of hydrogen-bond donors (Lipinski definition) is 2. The molecule has 0 amide bonds. The van der Waals surface area contributed by atoms with Crippen molar-refractivity contribution in [1.82, 2.24) is 15.8 Å². The fraction of sp³-hybridized carbons (Fsp3) is 0.391. The maximum absolute atomic E-state index is 5.93. The first kappa shape index (κ1) is 23.6. The van der Waals surface area contributed by atoms with Crippen molar-refractivity contribution in [3.63, 3.8) is 0 Å². The number of nitrogens with one attached hydrogen (secondary N) is 2. The predicted octanol–water partition coefficient (Wildman–Crippen LogP) is 0.785. The smallest absolute Gasteiger partial charge is 0.369 e. The number of benzene rings is 2. The van der Waals surface area contributed by atoms with E-state index in [0.717, 1.165) is 45.1 Å². The van der Waals surface area contributed by atoms with Crippen LogP contribution in [-0.2, 0) is 0 Å². The second-order valence-electron chi connectivity index (χ2n) is 7.81. The number of hydrazine groups is 1. The minimum Gasteiger partial charge on any atom is -1.00 e. The standard InChI is InChI=1S/C23H28BrN5O.ClH/c1-6-11-30-17-9-7-14(2)18(13-17)21-19-12-16(24)8-10-20(19)29-22(15(3)26-21)28(5)27-23(29)25-4;/h7-10,12-13,15,22H,6,11H2,1-5H3,(H,25,27);1H. The molecule has 6 nitrogen and oxygen atoms in total. The van der Waals surface area contributed by atoms with Crippen molar-refractivity contribution in [3.8, 4) is 5.75 Å². The summed E-state index contributed by atoms with van der Waals surface area (Å²) in [7, 11) is 4.00. The zero-order chi connectivity index (χ0) is 21.4. The highest BCUT2D eigenvalue weighted by Gasteiger charge is 2.43. The van der Waals surface area contributed by atoms with E-state index >= 15 is 0 Å². The van der Waals surface area contributed by atoms with Crippen LogP contribution >= 0.6 is 15.9 Å². The maximum atomic E-state index is 5.93. The molecule has 2 aliphatic heterocycles. The van der Waals surface area contributed by atoms with Gasteiger partial charge in [-0.05, 0) is 56.2 Å². The molecule has 2 atom stereocenters. The lowest BCUT2D eigenvalue weighted by molar-refractivity contribution is -0.502. The average Bonchev–Trinajstić information content (AvgIpc) is 3.01. The fourth-order valence-corrected chi connectivity index (χ4v) is 4.56. The molecule has 31 heavy (non-hydrogen) atoms. The van der Waals surface area contributed by atoms with Crippen LogP contribution in [0, 0.1) is 6.92 Å².